The number of hydrogen-bond acceptors (Lipinski definition) is 2. The van der Waals surface area contributed by atoms with E-state index in [0.29, 0.717) is 17.8 Å². The normalized spacial score (nSPS) is 10.2. The van der Waals surface area contributed by atoms with Crippen LogP contribution in [0.5, 0.6) is 0 Å². The molecule has 0 saturated carbocycles. The van der Waals surface area contributed by atoms with Crippen LogP contribution >= 0.6 is 0 Å². The van der Waals surface area contributed by atoms with Crippen LogP contribution in [0.2, 0.25) is 0 Å². The molecule has 0 aromatic heterocycles. The van der Waals surface area contributed by atoms with Crippen molar-refractivity contribution in [3.8, 4) is 0 Å². The van der Waals surface area contributed by atoms with Gasteiger partial charge in [-0.15, -0.1) is 0 Å². The lowest BCUT2D eigenvalue weighted by Crippen LogP contribution is -2.26. The maximum Gasteiger partial charge on any atom is 0.253 e. The van der Waals surface area contributed by atoms with Gasteiger partial charge in [-0.1, -0.05) is 18.2 Å². The van der Waals surface area contributed by atoms with Crippen molar-refractivity contribution in [3.05, 3.63) is 65.5 Å². The van der Waals surface area contributed by atoms with Crippen molar-refractivity contribution in [1.29, 1.82) is 0 Å². The van der Waals surface area contributed by atoms with E-state index in [9.17, 15) is 9.18 Å². The molecule has 0 saturated heterocycles. The Morgan fingerprint density at radius 2 is 1.79 bits per heavy atom. The molecule has 0 aliphatic heterocycles. The molecule has 0 atom stereocenters. The summed E-state index contributed by atoms with van der Waals surface area (Å²) in [7, 11) is 1.69. The van der Waals surface area contributed by atoms with E-state index in [1.807, 2.05) is 18.2 Å². The van der Waals surface area contributed by atoms with Crippen LogP contribution in [-0.2, 0) is 6.54 Å². The molecule has 98 valence electrons. The number of nitrogen functional groups attached to an aromatic ring is 1. The van der Waals surface area contributed by atoms with Gasteiger partial charge in [0.1, 0.15) is 5.82 Å². The lowest BCUT2D eigenvalue weighted by molar-refractivity contribution is 0.0785. The summed E-state index contributed by atoms with van der Waals surface area (Å²) in [4.78, 5) is 13.7. The van der Waals surface area contributed by atoms with E-state index >= 15 is 0 Å². The number of nitrogens with zero attached hydrogens (tertiary/aromatic N) is 1. The van der Waals surface area contributed by atoms with E-state index in [4.69, 9.17) is 5.73 Å². The van der Waals surface area contributed by atoms with Gasteiger partial charge < -0.3 is 10.6 Å². The average Bonchev–Trinajstić information content (AvgIpc) is 2.41. The quantitative estimate of drug-likeness (QED) is 0.860. The van der Waals surface area contributed by atoms with E-state index in [1.54, 1.807) is 18.0 Å². The van der Waals surface area contributed by atoms with E-state index in [1.165, 1.54) is 24.3 Å². The number of amides is 1. The second kappa shape index (κ2) is 5.52. The zero-order valence-corrected chi connectivity index (χ0v) is 10.6. The van der Waals surface area contributed by atoms with Crippen molar-refractivity contribution in [2.24, 2.45) is 0 Å². The van der Waals surface area contributed by atoms with Crippen LogP contribution in [0, 0.1) is 5.82 Å². The van der Waals surface area contributed by atoms with Crippen molar-refractivity contribution >= 4 is 11.6 Å². The first-order valence-electron chi connectivity index (χ1n) is 5.92. The molecule has 0 unspecified atom stereocenters. The van der Waals surface area contributed by atoms with Gasteiger partial charge in [0.2, 0.25) is 0 Å². The Bertz CT molecular complexity index is 581. The SMILES string of the molecule is CN(Cc1ccccc1N)C(=O)c1ccc(F)cc1. The Hall–Kier alpha value is -2.36. The molecule has 2 aromatic rings. The van der Waals surface area contributed by atoms with Gasteiger partial charge >= 0.3 is 0 Å². The molecular weight excluding hydrogens is 243 g/mol. The smallest absolute Gasteiger partial charge is 0.253 e. The van der Waals surface area contributed by atoms with Crippen LogP contribution in [0.4, 0.5) is 10.1 Å². The van der Waals surface area contributed by atoms with Gasteiger partial charge in [0.05, 0.1) is 0 Å². The van der Waals surface area contributed by atoms with Crippen molar-refractivity contribution in [1.82, 2.24) is 4.90 Å². The zero-order chi connectivity index (χ0) is 13.8. The van der Waals surface area contributed by atoms with Crippen LogP contribution in [0.25, 0.3) is 0 Å². The third-order valence-corrected chi connectivity index (χ3v) is 2.90. The number of anilines is 1. The topological polar surface area (TPSA) is 46.3 Å². The minimum absolute atomic E-state index is 0.164. The molecule has 0 bridgehead atoms. The average molecular weight is 258 g/mol. The third kappa shape index (κ3) is 3.10. The molecule has 2 N–H and O–H groups in total. The molecule has 0 aliphatic carbocycles. The summed E-state index contributed by atoms with van der Waals surface area (Å²) in [6, 6.07) is 12.9. The standard InChI is InChI=1S/C15H15FN2O/c1-18(10-12-4-2-3-5-14(12)17)15(19)11-6-8-13(16)9-7-11/h2-9H,10,17H2,1H3. The van der Waals surface area contributed by atoms with Crippen molar-refractivity contribution < 1.29 is 9.18 Å². The molecule has 2 aromatic carbocycles. The third-order valence-electron chi connectivity index (χ3n) is 2.90. The minimum Gasteiger partial charge on any atom is -0.398 e. The molecule has 2 rings (SSSR count). The summed E-state index contributed by atoms with van der Waals surface area (Å²) in [5.41, 5.74) is 7.84. The highest BCUT2D eigenvalue weighted by molar-refractivity contribution is 5.94. The number of hydrogen-bond donors (Lipinski definition) is 1. The highest BCUT2D eigenvalue weighted by atomic mass is 19.1. The summed E-state index contributed by atoms with van der Waals surface area (Å²) in [6.45, 7) is 0.420. The van der Waals surface area contributed by atoms with Crippen molar-refractivity contribution in [2.75, 3.05) is 12.8 Å². The van der Waals surface area contributed by atoms with Crippen LogP contribution in [0.1, 0.15) is 15.9 Å². The highest BCUT2D eigenvalue weighted by Crippen LogP contribution is 2.14. The summed E-state index contributed by atoms with van der Waals surface area (Å²) in [5, 5.41) is 0. The van der Waals surface area contributed by atoms with Gasteiger partial charge in [0.25, 0.3) is 5.91 Å². The molecule has 3 nitrogen and oxygen atoms in total. The molecule has 19 heavy (non-hydrogen) atoms. The van der Waals surface area contributed by atoms with E-state index in [2.05, 4.69) is 0 Å². The van der Waals surface area contributed by atoms with E-state index in [0.717, 1.165) is 5.56 Å². The van der Waals surface area contributed by atoms with Crippen molar-refractivity contribution in [3.63, 3.8) is 0 Å². The fourth-order valence-electron chi connectivity index (χ4n) is 1.82. The molecule has 1 amide bonds. The van der Waals surface area contributed by atoms with Crippen LogP contribution in [-0.4, -0.2) is 17.9 Å². The van der Waals surface area contributed by atoms with E-state index in [-0.39, 0.29) is 11.7 Å². The Balaban J connectivity index is 2.12. The number of nitrogens with two attached hydrogens (primary N) is 1. The maximum atomic E-state index is 12.8. The van der Waals surface area contributed by atoms with Gasteiger partial charge in [0.15, 0.2) is 0 Å². The predicted molar refractivity (Wildman–Crippen MR) is 73.1 cm³/mol. The number of halogens is 1. The predicted octanol–water partition coefficient (Wildman–Crippen LogP) is 2.68. The van der Waals surface area contributed by atoms with Gasteiger partial charge in [0, 0.05) is 24.8 Å². The molecular formula is C15H15FN2O. The van der Waals surface area contributed by atoms with Gasteiger partial charge in [-0.3, -0.25) is 4.79 Å². The first kappa shape index (κ1) is 13.1. The van der Waals surface area contributed by atoms with Crippen LogP contribution in [0.3, 0.4) is 0 Å². The summed E-state index contributed by atoms with van der Waals surface area (Å²) in [6.07, 6.45) is 0. The highest BCUT2D eigenvalue weighted by Gasteiger charge is 2.12. The fourth-order valence-corrected chi connectivity index (χ4v) is 1.82. The summed E-state index contributed by atoms with van der Waals surface area (Å²) in [5.74, 6) is -0.519. The monoisotopic (exact) mass is 258 g/mol. The molecule has 0 aliphatic rings. The molecule has 0 fully saturated rings. The van der Waals surface area contributed by atoms with Crippen LogP contribution < -0.4 is 5.73 Å². The van der Waals surface area contributed by atoms with Crippen molar-refractivity contribution in [2.45, 2.75) is 6.54 Å². The number of carbonyl (C=O) groups excluding carboxylic acids is 1. The second-order valence-electron chi connectivity index (χ2n) is 4.37. The Morgan fingerprint density at radius 3 is 2.42 bits per heavy atom. The Kier molecular flexibility index (Phi) is 3.80. The second-order valence-corrected chi connectivity index (χ2v) is 4.37. The zero-order valence-electron chi connectivity index (χ0n) is 10.6. The first-order chi connectivity index (χ1) is 9.08. The fraction of sp³-hybridized carbons (Fsp3) is 0.133. The number of carbonyl (C=O) groups is 1. The largest absolute Gasteiger partial charge is 0.398 e. The number of benzene rings is 2. The first-order valence-corrected chi connectivity index (χ1v) is 5.92. The molecule has 4 heteroatoms. The molecule has 0 radical (unpaired) electrons. The Morgan fingerprint density at radius 1 is 1.16 bits per heavy atom. The van der Waals surface area contributed by atoms with E-state index < -0.39 is 0 Å². The van der Waals surface area contributed by atoms with Gasteiger partial charge in [-0.05, 0) is 35.9 Å². The summed E-state index contributed by atoms with van der Waals surface area (Å²) >= 11 is 0. The minimum atomic E-state index is -0.355. The number of para-hydroxylation sites is 1. The summed E-state index contributed by atoms with van der Waals surface area (Å²) < 4.78 is 12.8. The lowest BCUT2D eigenvalue weighted by Gasteiger charge is -2.18. The van der Waals surface area contributed by atoms with Gasteiger partial charge in [-0.25, -0.2) is 4.39 Å². The van der Waals surface area contributed by atoms with Crippen LogP contribution in [0.15, 0.2) is 48.5 Å². The Labute approximate surface area is 111 Å². The number of rotatable bonds is 3. The lowest BCUT2D eigenvalue weighted by atomic mass is 10.1. The maximum absolute atomic E-state index is 12.8. The van der Waals surface area contributed by atoms with Gasteiger partial charge in [-0.2, -0.15) is 0 Å². The molecule has 0 spiro atoms. The molecule has 0 heterocycles.